The number of thiophene rings is 1. The van der Waals surface area contributed by atoms with Gasteiger partial charge in [0, 0.05) is 18.5 Å². The number of aromatic carboxylic acids is 1. The number of ether oxygens (including phenoxy) is 1. The SMILES string of the molecule is O=C(O)c1csc(S(=O)(=O)NCC2CCOC2)c1. The van der Waals surface area contributed by atoms with Gasteiger partial charge in [0.2, 0.25) is 10.0 Å². The van der Waals surface area contributed by atoms with E-state index < -0.39 is 16.0 Å². The normalized spacial score (nSPS) is 20.1. The molecule has 0 spiro atoms. The minimum Gasteiger partial charge on any atom is -0.478 e. The molecule has 2 N–H and O–H groups in total. The number of carbonyl (C=O) groups is 1. The molecule has 8 heteroatoms. The van der Waals surface area contributed by atoms with Gasteiger partial charge in [-0.3, -0.25) is 0 Å². The lowest BCUT2D eigenvalue weighted by atomic mass is 10.1. The molecule has 0 aromatic carbocycles. The first-order valence-corrected chi connectivity index (χ1v) is 7.74. The van der Waals surface area contributed by atoms with Gasteiger partial charge in [-0.25, -0.2) is 17.9 Å². The van der Waals surface area contributed by atoms with Gasteiger partial charge in [-0.05, 0) is 18.4 Å². The summed E-state index contributed by atoms with van der Waals surface area (Å²) >= 11 is 0.905. The Bertz CT molecular complexity index is 530. The summed E-state index contributed by atoms with van der Waals surface area (Å²) in [6.45, 7) is 1.55. The Balaban J connectivity index is 2.02. The lowest BCUT2D eigenvalue weighted by Crippen LogP contribution is -2.29. The lowest BCUT2D eigenvalue weighted by Gasteiger charge is -2.08. The van der Waals surface area contributed by atoms with Crippen LogP contribution in [0.3, 0.4) is 0 Å². The van der Waals surface area contributed by atoms with E-state index in [1.54, 1.807) is 0 Å². The van der Waals surface area contributed by atoms with E-state index in [9.17, 15) is 13.2 Å². The Hall–Kier alpha value is -0.960. The van der Waals surface area contributed by atoms with Crippen LogP contribution in [0.1, 0.15) is 16.8 Å². The van der Waals surface area contributed by atoms with Gasteiger partial charge in [0.25, 0.3) is 0 Å². The van der Waals surface area contributed by atoms with Crippen molar-refractivity contribution in [3.05, 3.63) is 17.0 Å². The first-order chi connectivity index (χ1) is 8.49. The number of sulfonamides is 1. The second-order valence-electron chi connectivity index (χ2n) is 4.04. The number of carboxylic acids is 1. The fraction of sp³-hybridized carbons (Fsp3) is 0.500. The van der Waals surface area contributed by atoms with Crippen LogP contribution in [0.4, 0.5) is 0 Å². The molecule has 1 aliphatic rings. The van der Waals surface area contributed by atoms with Gasteiger partial charge in [0.15, 0.2) is 0 Å². The maximum Gasteiger partial charge on any atom is 0.336 e. The maximum absolute atomic E-state index is 11.9. The van der Waals surface area contributed by atoms with Gasteiger partial charge in [-0.2, -0.15) is 0 Å². The summed E-state index contributed by atoms with van der Waals surface area (Å²) in [5.74, 6) is -0.935. The van der Waals surface area contributed by atoms with E-state index in [2.05, 4.69) is 4.72 Å². The third kappa shape index (κ3) is 3.08. The molecule has 18 heavy (non-hydrogen) atoms. The maximum atomic E-state index is 11.9. The molecule has 1 fully saturated rings. The fourth-order valence-corrected chi connectivity index (χ4v) is 3.93. The summed E-state index contributed by atoms with van der Waals surface area (Å²) in [4.78, 5) is 10.7. The zero-order valence-electron chi connectivity index (χ0n) is 9.46. The van der Waals surface area contributed by atoms with E-state index in [0.717, 1.165) is 17.8 Å². The standard InChI is InChI=1S/C10H13NO5S2/c12-10(13)8-3-9(17-6-8)18(14,15)11-4-7-1-2-16-5-7/h3,6-7,11H,1-2,4-5H2,(H,12,13). The van der Waals surface area contributed by atoms with E-state index in [1.165, 1.54) is 11.4 Å². The summed E-state index contributed by atoms with van der Waals surface area (Å²) < 4.78 is 31.4. The van der Waals surface area contributed by atoms with Crippen molar-refractivity contribution in [2.75, 3.05) is 19.8 Å². The molecule has 1 saturated heterocycles. The molecule has 0 aliphatic carbocycles. The summed E-state index contributed by atoms with van der Waals surface area (Å²) in [6.07, 6.45) is 0.841. The van der Waals surface area contributed by atoms with Crippen LogP contribution in [0.2, 0.25) is 0 Å². The molecular formula is C10H13NO5S2. The van der Waals surface area contributed by atoms with Crippen LogP contribution in [-0.4, -0.2) is 39.3 Å². The van der Waals surface area contributed by atoms with E-state index in [0.29, 0.717) is 19.8 Å². The highest BCUT2D eigenvalue weighted by atomic mass is 32.2. The molecular weight excluding hydrogens is 278 g/mol. The molecule has 6 nitrogen and oxygen atoms in total. The highest BCUT2D eigenvalue weighted by Gasteiger charge is 2.22. The van der Waals surface area contributed by atoms with Gasteiger partial charge in [0.1, 0.15) is 4.21 Å². The third-order valence-electron chi connectivity index (χ3n) is 2.67. The molecule has 1 atom stereocenters. The number of hydrogen-bond donors (Lipinski definition) is 2. The molecule has 100 valence electrons. The first kappa shape index (κ1) is 13.5. The van der Waals surface area contributed by atoms with Crippen LogP contribution in [0.15, 0.2) is 15.7 Å². The zero-order chi connectivity index (χ0) is 13.2. The quantitative estimate of drug-likeness (QED) is 0.835. The van der Waals surface area contributed by atoms with Gasteiger partial charge in [0.05, 0.1) is 12.2 Å². The Morgan fingerprint density at radius 3 is 2.94 bits per heavy atom. The Labute approximate surface area is 109 Å². The minimum atomic E-state index is -3.61. The molecule has 1 unspecified atom stereocenters. The summed E-state index contributed by atoms with van der Waals surface area (Å²) in [6, 6.07) is 1.17. The van der Waals surface area contributed by atoms with Crippen LogP contribution in [0, 0.1) is 5.92 Å². The Kier molecular flexibility index (Phi) is 4.00. The number of rotatable bonds is 5. The van der Waals surface area contributed by atoms with E-state index in [4.69, 9.17) is 9.84 Å². The van der Waals surface area contributed by atoms with Crippen LogP contribution in [0.25, 0.3) is 0 Å². The largest absolute Gasteiger partial charge is 0.478 e. The Morgan fingerprint density at radius 2 is 2.39 bits per heavy atom. The molecule has 2 heterocycles. The van der Waals surface area contributed by atoms with Crippen LogP contribution in [0.5, 0.6) is 0 Å². The summed E-state index contributed by atoms with van der Waals surface area (Å²) in [5.41, 5.74) is -0.00965. The second kappa shape index (κ2) is 5.35. The van der Waals surface area contributed by atoms with Crippen molar-refractivity contribution < 1.29 is 23.1 Å². The van der Waals surface area contributed by atoms with Crippen LogP contribution in [-0.2, 0) is 14.8 Å². The minimum absolute atomic E-state index is 0.00965. The van der Waals surface area contributed by atoms with Crippen molar-refractivity contribution in [1.29, 1.82) is 0 Å². The number of hydrogen-bond acceptors (Lipinski definition) is 5. The smallest absolute Gasteiger partial charge is 0.336 e. The number of nitrogens with one attached hydrogen (secondary N) is 1. The highest BCUT2D eigenvalue weighted by Crippen LogP contribution is 2.20. The van der Waals surface area contributed by atoms with Crippen LogP contribution < -0.4 is 4.72 Å². The van der Waals surface area contributed by atoms with Crippen molar-refractivity contribution in [2.45, 2.75) is 10.6 Å². The van der Waals surface area contributed by atoms with Crippen LogP contribution >= 0.6 is 11.3 Å². The summed E-state index contributed by atoms with van der Waals surface area (Å²) in [5, 5.41) is 10.1. The Morgan fingerprint density at radius 1 is 1.61 bits per heavy atom. The van der Waals surface area contributed by atoms with E-state index >= 15 is 0 Å². The number of carboxylic acid groups (broad SMARTS) is 1. The van der Waals surface area contributed by atoms with Crippen molar-refractivity contribution in [2.24, 2.45) is 5.92 Å². The van der Waals surface area contributed by atoms with Crippen molar-refractivity contribution in [1.82, 2.24) is 4.72 Å². The second-order valence-corrected chi connectivity index (χ2v) is 6.95. The third-order valence-corrected chi connectivity index (χ3v) is 5.54. The molecule has 0 saturated carbocycles. The lowest BCUT2D eigenvalue weighted by molar-refractivity contribution is 0.0697. The monoisotopic (exact) mass is 291 g/mol. The average Bonchev–Trinajstić information content (AvgIpc) is 2.98. The van der Waals surface area contributed by atoms with Crippen molar-refractivity contribution in [3.8, 4) is 0 Å². The van der Waals surface area contributed by atoms with Crippen molar-refractivity contribution in [3.63, 3.8) is 0 Å². The highest BCUT2D eigenvalue weighted by molar-refractivity contribution is 7.91. The van der Waals surface area contributed by atoms with Gasteiger partial charge in [-0.1, -0.05) is 0 Å². The molecule has 0 radical (unpaired) electrons. The topological polar surface area (TPSA) is 92.7 Å². The fourth-order valence-electron chi connectivity index (χ4n) is 1.61. The molecule has 1 aromatic rings. The van der Waals surface area contributed by atoms with E-state index in [-0.39, 0.29) is 15.7 Å². The van der Waals surface area contributed by atoms with E-state index in [1.807, 2.05) is 0 Å². The molecule has 0 bridgehead atoms. The molecule has 1 aliphatic heterocycles. The first-order valence-electron chi connectivity index (χ1n) is 5.38. The molecule has 0 amide bonds. The summed E-state index contributed by atoms with van der Waals surface area (Å²) in [7, 11) is -3.61. The zero-order valence-corrected chi connectivity index (χ0v) is 11.1. The predicted octanol–water partition coefficient (Wildman–Crippen LogP) is 0.761. The average molecular weight is 291 g/mol. The van der Waals surface area contributed by atoms with Gasteiger partial charge >= 0.3 is 5.97 Å². The van der Waals surface area contributed by atoms with Crippen molar-refractivity contribution >= 4 is 27.3 Å². The van der Waals surface area contributed by atoms with Gasteiger partial charge in [-0.15, -0.1) is 11.3 Å². The molecule has 1 aromatic heterocycles. The van der Waals surface area contributed by atoms with Gasteiger partial charge < -0.3 is 9.84 Å². The predicted molar refractivity (Wildman–Crippen MR) is 65.4 cm³/mol. The molecule has 2 rings (SSSR count).